The average molecular weight is 470 g/mol. The Balaban J connectivity index is 1.46. The molecule has 0 saturated carbocycles. The summed E-state index contributed by atoms with van der Waals surface area (Å²) in [6.07, 6.45) is 1.00. The van der Waals surface area contributed by atoms with Gasteiger partial charge in [0.1, 0.15) is 0 Å². The summed E-state index contributed by atoms with van der Waals surface area (Å²) in [6, 6.07) is 13.8. The summed E-state index contributed by atoms with van der Waals surface area (Å²) in [5.41, 5.74) is 1.19. The van der Waals surface area contributed by atoms with Crippen LogP contribution in [0.1, 0.15) is 18.4 Å². The first-order valence-electron chi connectivity index (χ1n) is 9.83. The molecule has 1 amide bonds. The Kier molecular flexibility index (Phi) is 8.13. The van der Waals surface area contributed by atoms with Crippen molar-refractivity contribution in [2.45, 2.75) is 24.3 Å². The monoisotopic (exact) mass is 469 g/mol. The van der Waals surface area contributed by atoms with Crippen LogP contribution in [0.2, 0.25) is 10.0 Å². The highest BCUT2D eigenvalue weighted by molar-refractivity contribution is 7.89. The van der Waals surface area contributed by atoms with Crippen molar-refractivity contribution in [2.24, 2.45) is 0 Å². The lowest BCUT2D eigenvalue weighted by atomic mass is 10.2. The molecule has 0 unspecified atom stereocenters. The predicted molar refractivity (Wildman–Crippen MR) is 119 cm³/mol. The molecule has 1 fully saturated rings. The highest BCUT2D eigenvalue weighted by Crippen LogP contribution is 2.16. The minimum Gasteiger partial charge on any atom is -0.341 e. The number of nitrogens with one attached hydrogen (secondary N) is 1. The molecule has 0 atom stereocenters. The number of carbonyl (C=O) groups excluding carboxylic acids is 1. The molecule has 30 heavy (non-hydrogen) atoms. The molecule has 1 aliphatic rings. The van der Waals surface area contributed by atoms with Gasteiger partial charge in [0, 0.05) is 55.7 Å². The summed E-state index contributed by atoms with van der Waals surface area (Å²) >= 11 is 11.8. The minimum atomic E-state index is -3.69. The molecule has 3 rings (SSSR count). The molecular weight excluding hydrogens is 445 g/mol. The van der Waals surface area contributed by atoms with Crippen LogP contribution in [-0.4, -0.2) is 56.8 Å². The maximum Gasteiger partial charge on any atom is 0.240 e. The lowest BCUT2D eigenvalue weighted by molar-refractivity contribution is -0.130. The zero-order chi connectivity index (χ0) is 21.6. The van der Waals surface area contributed by atoms with Crippen LogP contribution in [0.25, 0.3) is 0 Å². The lowest BCUT2D eigenvalue weighted by Crippen LogP contribution is -2.37. The number of hydrogen-bond acceptors (Lipinski definition) is 4. The van der Waals surface area contributed by atoms with Crippen LogP contribution in [0.5, 0.6) is 0 Å². The zero-order valence-electron chi connectivity index (χ0n) is 16.6. The second-order valence-electron chi connectivity index (χ2n) is 7.24. The van der Waals surface area contributed by atoms with E-state index in [9.17, 15) is 13.2 Å². The molecule has 162 valence electrons. The van der Waals surface area contributed by atoms with E-state index in [1.54, 1.807) is 12.1 Å². The standard InChI is InChI=1S/C21H25Cl2N3O3S/c22-18-7-5-17(6-8-18)16-25-11-2-12-26(14-13-25)21(27)9-10-24-30(28,29)20-4-1-3-19(23)15-20/h1,3-8,15,24H,2,9-14,16H2. The van der Waals surface area contributed by atoms with E-state index in [1.165, 1.54) is 17.7 Å². The van der Waals surface area contributed by atoms with Gasteiger partial charge in [-0.25, -0.2) is 13.1 Å². The van der Waals surface area contributed by atoms with Crippen LogP contribution in [0.3, 0.4) is 0 Å². The van der Waals surface area contributed by atoms with Gasteiger partial charge in [-0.2, -0.15) is 0 Å². The number of nitrogens with zero attached hydrogens (tertiary/aromatic N) is 2. The van der Waals surface area contributed by atoms with Gasteiger partial charge >= 0.3 is 0 Å². The highest BCUT2D eigenvalue weighted by atomic mass is 35.5. The smallest absolute Gasteiger partial charge is 0.240 e. The van der Waals surface area contributed by atoms with Crippen LogP contribution >= 0.6 is 23.2 Å². The van der Waals surface area contributed by atoms with Gasteiger partial charge in [-0.15, -0.1) is 0 Å². The van der Waals surface area contributed by atoms with E-state index in [0.717, 1.165) is 31.1 Å². The van der Waals surface area contributed by atoms with Gasteiger partial charge in [0.2, 0.25) is 15.9 Å². The van der Waals surface area contributed by atoms with E-state index < -0.39 is 10.0 Å². The second kappa shape index (κ2) is 10.6. The molecule has 0 aromatic heterocycles. The lowest BCUT2D eigenvalue weighted by Gasteiger charge is -2.22. The first-order chi connectivity index (χ1) is 14.3. The van der Waals surface area contributed by atoms with Gasteiger partial charge in [0.25, 0.3) is 0 Å². The van der Waals surface area contributed by atoms with Crippen LogP contribution < -0.4 is 4.72 Å². The van der Waals surface area contributed by atoms with Gasteiger partial charge in [-0.05, 0) is 42.3 Å². The molecule has 1 heterocycles. The number of amides is 1. The summed E-state index contributed by atoms with van der Waals surface area (Å²) in [4.78, 5) is 16.8. The van der Waals surface area contributed by atoms with Gasteiger partial charge in [-0.3, -0.25) is 9.69 Å². The van der Waals surface area contributed by atoms with Crippen molar-refractivity contribution in [3.63, 3.8) is 0 Å². The van der Waals surface area contributed by atoms with Crippen molar-refractivity contribution in [3.05, 3.63) is 64.1 Å². The Hall–Kier alpha value is -1.64. The molecule has 6 nitrogen and oxygen atoms in total. The molecular formula is C21H25Cl2N3O3S. The van der Waals surface area contributed by atoms with Crippen LogP contribution in [0, 0.1) is 0 Å². The number of benzene rings is 2. The molecule has 0 bridgehead atoms. The normalized spacial score (nSPS) is 15.7. The van der Waals surface area contributed by atoms with E-state index in [0.29, 0.717) is 18.1 Å². The Morgan fingerprint density at radius 3 is 2.47 bits per heavy atom. The maximum absolute atomic E-state index is 12.6. The van der Waals surface area contributed by atoms with E-state index in [4.69, 9.17) is 23.2 Å². The SMILES string of the molecule is O=C(CCNS(=O)(=O)c1cccc(Cl)c1)N1CCCN(Cc2ccc(Cl)cc2)CC1. The summed E-state index contributed by atoms with van der Waals surface area (Å²) in [5.74, 6) is -0.0443. The number of halogens is 2. The summed E-state index contributed by atoms with van der Waals surface area (Å²) in [5, 5.41) is 1.07. The molecule has 0 aliphatic carbocycles. The fraction of sp³-hybridized carbons (Fsp3) is 0.381. The van der Waals surface area contributed by atoms with Crippen LogP contribution in [0.15, 0.2) is 53.4 Å². The first kappa shape index (κ1) is 23.0. The summed E-state index contributed by atoms with van der Waals surface area (Å²) in [6.45, 7) is 3.87. The number of rotatable bonds is 7. The highest BCUT2D eigenvalue weighted by Gasteiger charge is 2.20. The van der Waals surface area contributed by atoms with Crippen molar-refractivity contribution in [1.29, 1.82) is 0 Å². The minimum absolute atomic E-state index is 0.0443. The molecule has 9 heteroatoms. The summed E-state index contributed by atoms with van der Waals surface area (Å²) < 4.78 is 27.1. The van der Waals surface area contributed by atoms with Crippen molar-refractivity contribution in [2.75, 3.05) is 32.7 Å². The largest absolute Gasteiger partial charge is 0.341 e. The topological polar surface area (TPSA) is 69.7 Å². The Bertz CT molecular complexity index is 968. The number of carbonyl (C=O) groups is 1. The molecule has 0 spiro atoms. The van der Waals surface area contributed by atoms with Gasteiger partial charge in [0.05, 0.1) is 4.90 Å². The zero-order valence-corrected chi connectivity index (χ0v) is 18.9. The Labute approximate surface area is 187 Å². The first-order valence-corrected chi connectivity index (χ1v) is 12.1. The molecule has 2 aromatic carbocycles. The van der Waals surface area contributed by atoms with E-state index >= 15 is 0 Å². The molecule has 0 radical (unpaired) electrons. The van der Waals surface area contributed by atoms with Crippen molar-refractivity contribution >= 4 is 39.1 Å². The van der Waals surface area contributed by atoms with Crippen molar-refractivity contribution in [1.82, 2.24) is 14.5 Å². The van der Waals surface area contributed by atoms with Gasteiger partial charge < -0.3 is 4.90 Å². The molecule has 1 aliphatic heterocycles. The van der Waals surface area contributed by atoms with Crippen LogP contribution in [-0.2, 0) is 21.4 Å². The van der Waals surface area contributed by atoms with Gasteiger partial charge in [0.15, 0.2) is 0 Å². The summed E-state index contributed by atoms with van der Waals surface area (Å²) in [7, 11) is -3.69. The van der Waals surface area contributed by atoms with Gasteiger partial charge in [-0.1, -0.05) is 41.4 Å². The van der Waals surface area contributed by atoms with E-state index in [-0.39, 0.29) is 23.8 Å². The fourth-order valence-electron chi connectivity index (χ4n) is 3.39. The fourth-order valence-corrected chi connectivity index (χ4v) is 4.85. The van der Waals surface area contributed by atoms with E-state index in [1.807, 2.05) is 29.2 Å². The number of hydrogen-bond donors (Lipinski definition) is 1. The third kappa shape index (κ3) is 6.68. The molecule has 1 saturated heterocycles. The quantitative estimate of drug-likeness (QED) is 0.674. The third-order valence-corrected chi connectivity index (χ3v) is 6.94. The second-order valence-corrected chi connectivity index (χ2v) is 9.88. The third-order valence-electron chi connectivity index (χ3n) is 5.00. The number of sulfonamides is 1. The average Bonchev–Trinajstić information content (AvgIpc) is 2.95. The maximum atomic E-state index is 12.6. The van der Waals surface area contributed by atoms with Crippen molar-refractivity contribution < 1.29 is 13.2 Å². The van der Waals surface area contributed by atoms with Crippen molar-refractivity contribution in [3.8, 4) is 0 Å². The Morgan fingerprint density at radius 2 is 1.73 bits per heavy atom. The van der Waals surface area contributed by atoms with Crippen LogP contribution in [0.4, 0.5) is 0 Å². The molecule has 1 N–H and O–H groups in total. The van der Waals surface area contributed by atoms with E-state index in [2.05, 4.69) is 9.62 Å². The Morgan fingerprint density at radius 1 is 0.967 bits per heavy atom. The predicted octanol–water partition coefficient (Wildman–Crippen LogP) is 3.40. The molecule has 2 aromatic rings.